The summed E-state index contributed by atoms with van der Waals surface area (Å²) >= 11 is 0. The molecule has 0 amide bonds. The molecule has 74 valence electrons. The molecule has 0 bridgehead atoms. The molecule has 4 atom stereocenters. The van der Waals surface area contributed by atoms with E-state index in [-0.39, 0.29) is 0 Å². The zero-order valence-corrected chi connectivity index (χ0v) is 8.59. The van der Waals surface area contributed by atoms with Crippen molar-refractivity contribution in [2.75, 3.05) is 6.61 Å². The van der Waals surface area contributed by atoms with Gasteiger partial charge in [-0.3, -0.25) is 0 Å². The third-order valence-corrected chi connectivity index (χ3v) is 4.73. The maximum Gasteiger partial charge on any atom is 0.0708 e. The van der Waals surface area contributed by atoms with E-state index in [0.717, 1.165) is 24.4 Å². The standard InChI is InChI=1S/C12H20O/c1-9-3-2-5-12(9)6-4-10-7-11(10)8-13-12/h9-11H,2-8H2,1H3/t9-,10+,11+,12+/m1/s1. The molecule has 1 heteroatoms. The van der Waals surface area contributed by atoms with E-state index in [1.54, 1.807) is 0 Å². The molecule has 0 aromatic heterocycles. The van der Waals surface area contributed by atoms with Crippen molar-refractivity contribution in [2.24, 2.45) is 17.8 Å². The molecule has 0 aromatic rings. The van der Waals surface area contributed by atoms with Gasteiger partial charge < -0.3 is 4.74 Å². The predicted molar refractivity (Wildman–Crippen MR) is 52.5 cm³/mol. The molecular formula is C12H20O. The van der Waals surface area contributed by atoms with Crippen LogP contribution in [0.4, 0.5) is 0 Å². The molecule has 2 saturated carbocycles. The second-order valence-corrected chi connectivity index (χ2v) is 5.46. The van der Waals surface area contributed by atoms with Crippen molar-refractivity contribution in [2.45, 2.75) is 51.0 Å². The summed E-state index contributed by atoms with van der Waals surface area (Å²) in [6.45, 7) is 3.47. The van der Waals surface area contributed by atoms with Gasteiger partial charge in [0.1, 0.15) is 0 Å². The largest absolute Gasteiger partial charge is 0.374 e. The van der Waals surface area contributed by atoms with Crippen LogP contribution < -0.4 is 0 Å². The van der Waals surface area contributed by atoms with Crippen LogP contribution in [0, 0.1) is 17.8 Å². The van der Waals surface area contributed by atoms with E-state index in [1.165, 1.54) is 38.5 Å². The maximum absolute atomic E-state index is 6.22. The van der Waals surface area contributed by atoms with Crippen LogP contribution in [0.5, 0.6) is 0 Å². The van der Waals surface area contributed by atoms with Crippen molar-refractivity contribution in [1.82, 2.24) is 0 Å². The maximum atomic E-state index is 6.22. The number of rotatable bonds is 0. The van der Waals surface area contributed by atoms with Gasteiger partial charge in [0.05, 0.1) is 12.2 Å². The lowest BCUT2D eigenvalue weighted by Crippen LogP contribution is -2.35. The van der Waals surface area contributed by atoms with Gasteiger partial charge >= 0.3 is 0 Å². The molecule has 3 aliphatic rings. The number of hydrogen-bond donors (Lipinski definition) is 0. The van der Waals surface area contributed by atoms with Gasteiger partial charge in [0.15, 0.2) is 0 Å². The quantitative estimate of drug-likeness (QED) is 0.557. The Kier molecular flexibility index (Phi) is 1.74. The van der Waals surface area contributed by atoms with Gasteiger partial charge in [-0.15, -0.1) is 0 Å². The zero-order valence-electron chi connectivity index (χ0n) is 8.59. The molecule has 1 spiro atoms. The van der Waals surface area contributed by atoms with Crippen LogP contribution in [0.25, 0.3) is 0 Å². The van der Waals surface area contributed by atoms with E-state index in [0.29, 0.717) is 5.60 Å². The van der Waals surface area contributed by atoms with Crippen molar-refractivity contribution < 1.29 is 4.74 Å². The molecule has 0 unspecified atom stereocenters. The van der Waals surface area contributed by atoms with E-state index in [9.17, 15) is 0 Å². The molecule has 0 N–H and O–H groups in total. The van der Waals surface area contributed by atoms with Gasteiger partial charge in [-0.05, 0) is 49.9 Å². The van der Waals surface area contributed by atoms with Crippen LogP contribution in [0.2, 0.25) is 0 Å². The molecule has 1 nitrogen and oxygen atoms in total. The third kappa shape index (κ3) is 1.24. The minimum absolute atomic E-state index is 0.327. The highest BCUT2D eigenvalue weighted by Crippen LogP contribution is 2.52. The molecule has 0 aromatic carbocycles. The van der Waals surface area contributed by atoms with Crippen molar-refractivity contribution in [3.8, 4) is 0 Å². The first-order valence-corrected chi connectivity index (χ1v) is 5.94. The van der Waals surface area contributed by atoms with Gasteiger partial charge in [0.25, 0.3) is 0 Å². The minimum atomic E-state index is 0.327. The number of fused-ring (bicyclic) bond motifs is 1. The topological polar surface area (TPSA) is 9.23 Å². The Morgan fingerprint density at radius 3 is 2.85 bits per heavy atom. The van der Waals surface area contributed by atoms with E-state index in [4.69, 9.17) is 4.74 Å². The summed E-state index contributed by atoms with van der Waals surface area (Å²) in [5.74, 6) is 2.82. The normalized spacial score (nSPS) is 54.7. The van der Waals surface area contributed by atoms with E-state index < -0.39 is 0 Å². The lowest BCUT2D eigenvalue weighted by atomic mass is 9.87. The van der Waals surface area contributed by atoms with Crippen molar-refractivity contribution in [1.29, 1.82) is 0 Å². The molecule has 1 saturated heterocycles. The van der Waals surface area contributed by atoms with Gasteiger partial charge in [-0.1, -0.05) is 13.3 Å². The first-order chi connectivity index (χ1) is 6.30. The molecule has 1 aliphatic heterocycles. The second kappa shape index (κ2) is 2.73. The van der Waals surface area contributed by atoms with Gasteiger partial charge in [-0.2, -0.15) is 0 Å². The highest BCUT2D eigenvalue weighted by atomic mass is 16.5. The third-order valence-electron chi connectivity index (χ3n) is 4.73. The van der Waals surface area contributed by atoms with Crippen LogP contribution in [-0.4, -0.2) is 12.2 Å². The molecule has 3 rings (SSSR count). The van der Waals surface area contributed by atoms with Crippen molar-refractivity contribution in [3.05, 3.63) is 0 Å². The molecule has 1 heterocycles. The van der Waals surface area contributed by atoms with Crippen LogP contribution in [0.1, 0.15) is 45.4 Å². The highest BCUT2D eigenvalue weighted by molar-refractivity contribution is 4.98. The Bertz CT molecular complexity index is 199. The Balaban J connectivity index is 1.75. The lowest BCUT2D eigenvalue weighted by Gasteiger charge is -2.33. The lowest BCUT2D eigenvalue weighted by molar-refractivity contribution is -0.0717. The fraction of sp³-hybridized carbons (Fsp3) is 1.00. The molecule has 3 fully saturated rings. The predicted octanol–water partition coefficient (Wildman–Crippen LogP) is 2.99. The van der Waals surface area contributed by atoms with Crippen LogP contribution in [0.3, 0.4) is 0 Å². The summed E-state index contributed by atoms with van der Waals surface area (Å²) in [5, 5.41) is 0. The fourth-order valence-electron chi connectivity index (χ4n) is 3.45. The Labute approximate surface area is 80.8 Å². The fourth-order valence-corrected chi connectivity index (χ4v) is 3.45. The summed E-state index contributed by atoms with van der Waals surface area (Å²) in [4.78, 5) is 0. The molecule has 13 heavy (non-hydrogen) atoms. The van der Waals surface area contributed by atoms with E-state index in [2.05, 4.69) is 6.92 Å². The monoisotopic (exact) mass is 180 g/mol. The smallest absolute Gasteiger partial charge is 0.0708 e. The summed E-state index contributed by atoms with van der Waals surface area (Å²) < 4.78 is 6.22. The summed E-state index contributed by atoms with van der Waals surface area (Å²) in [6.07, 6.45) is 8.41. The van der Waals surface area contributed by atoms with Gasteiger partial charge in [0, 0.05) is 0 Å². The Morgan fingerprint density at radius 1 is 1.15 bits per heavy atom. The first kappa shape index (κ1) is 8.28. The number of ether oxygens (including phenoxy) is 1. The van der Waals surface area contributed by atoms with Crippen LogP contribution >= 0.6 is 0 Å². The van der Waals surface area contributed by atoms with Gasteiger partial charge in [0.2, 0.25) is 0 Å². The van der Waals surface area contributed by atoms with Crippen molar-refractivity contribution >= 4 is 0 Å². The Hall–Kier alpha value is -0.0400. The number of hydrogen-bond acceptors (Lipinski definition) is 1. The minimum Gasteiger partial charge on any atom is -0.374 e. The van der Waals surface area contributed by atoms with Gasteiger partial charge in [-0.25, -0.2) is 0 Å². The summed E-state index contributed by atoms with van der Waals surface area (Å²) in [6, 6.07) is 0. The van der Waals surface area contributed by atoms with E-state index in [1.807, 2.05) is 0 Å². The Morgan fingerprint density at radius 2 is 2.08 bits per heavy atom. The second-order valence-electron chi connectivity index (χ2n) is 5.46. The molecule has 2 aliphatic carbocycles. The van der Waals surface area contributed by atoms with Crippen molar-refractivity contribution in [3.63, 3.8) is 0 Å². The molecular weight excluding hydrogens is 160 g/mol. The summed E-state index contributed by atoms with van der Waals surface area (Å²) in [5.41, 5.74) is 0.327. The SMILES string of the molecule is C[C@@H]1CCC[C@]12CC[C@H]1C[C@H]1CO2. The summed E-state index contributed by atoms with van der Waals surface area (Å²) in [7, 11) is 0. The first-order valence-electron chi connectivity index (χ1n) is 5.94. The average Bonchev–Trinajstić information content (AvgIpc) is 2.79. The zero-order chi connectivity index (χ0) is 8.89. The molecule has 0 radical (unpaired) electrons. The van der Waals surface area contributed by atoms with Crippen LogP contribution in [0.15, 0.2) is 0 Å². The highest BCUT2D eigenvalue weighted by Gasteiger charge is 2.48. The van der Waals surface area contributed by atoms with E-state index >= 15 is 0 Å². The average molecular weight is 180 g/mol. The van der Waals surface area contributed by atoms with Crippen LogP contribution in [-0.2, 0) is 4.74 Å².